The summed E-state index contributed by atoms with van der Waals surface area (Å²) in [6.07, 6.45) is 1.47. The van der Waals surface area contributed by atoms with Gasteiger partial charge in [0.25, 0.3) is 15.9 Å². The number of sulfonamides is 1. The van der Waals surface area contributed by atoms with Crippen molar-refractivity contribution in [2.75, 3.05) is 10.0 Å². The van der Waals surface area contributed by atoms with Gasteiger partial charge in [0.15, 0.2) is 0 Å². The van der Waals surface area contributed by atoms with Gasteiger partial charge in [0.05, 0.1) is 10.5 Å². The molecule has 1 amide bonds. The lowest BCUT2D eigenvalue weighted by Gasteiger charge is -2.12. The number of carbonyl (C=O) groups excluding carboxylic acids is 1. The zero-order valence-corrected chi connectivity index (χ0v) is 19.1. The van der Waals surface area contributed by atoms with Crippen molar-refractivity contribution < 1.29 is 17.9 Å². The van der Waals surface area contributed by atoms with Crippen LogP contribution in [0.3, 0.4) is 0 Å². The molecule has 8 nitrogen and oxygen atoms in total. The number of benzene rings is 3. The molecule has 3 aromatic carbocycles. The van der Waals surface area contributed by atoms with Crippen LogP contribution in [0.1, 0.15) is 21.6 Å². The van der Waals surface area contributed by atoms with Crippen LogP contribution in [0.15, 0.2) is 96.0 Å². The number of ether oxygens (including phenoxy) is 1. The van der Waals surface area contributed by atoms with Gasteiger partial charge < -0.3 is 10.1 Å². The monoisotopic (exact) mass is 474 g/mol. The molecule has 0 spiro atoms. The van der Waals surface area contributed by atoms with E-state index in [1.54, 1.807) is 37.3 Å². The molecular weight excluding hydrogens is 452 g/mol. The van der Waals surface area contributed by atoms with Crippen LogP contribution < -0.4 is 14.8 Å². The van der Waals surface area contributed by atoms with Crippen LogP contribution in [-0.2, 0) is 16.6 Å². The fourth-order valence-corrected chi connectivity index (χ4v) is 4.06. The average Bonchev–Trinajstić information content (AvgIpc) is 2.83. The Morgan fingerprint density at radius 3 is 2.35 bits per heavy atom. The van der Waals surface area contributed by atoms with Crippen LogP contribution in [0.4, 0.5) is 11.6 Å². The van der Waals surface area contributed by atoms with E-state index < -0.39 is 10.0 Å². The number of hydrogen-bond donors (Lipinski definition) is 2. The third-order valence-electron chi connectivity index (χ3n) is 4.81. The number of nitrogens with one attached hydrogen (secondary N) is 2. The number of hydrogen-bond acceptors (Lipinski definition) is 6. The maximum Gasteiger partial charge on any atom is 0.264 e. The van der Waals surface area contributed by atoms with E-state index in [4.69, 9.17) is 4.74 Å². The Kier molecular flexibility index (Phi) is 6.84. The maximum absolute atomic E-state index is 12.9. The number of aryl methyl sites for hydroxylation is 1. The van der Waals surface area contributed by atoms with Crippen molar-refractivity contribution in [2.24, 2.45) is 0 Å². The van der Waals surface area contributed by atoms with E-state index in [1.165, 1.54) is 30.5 Å². The van der Waals surface area contributed by atoms with Crippen molar-refractivity contribution in [1.29, 1.82) is 0 Å². The lowest BCUT2D eigenvalue weighted by Crippen LogP contribution is -2.16. The van der Waals surface area contributed by atoms with Crippen molar-refractivity contribution in [1.82, 2.24) is 9.97 Å². The number of para-hydroxylation sites is 1. The van der Waals surface area contributed by atoms with Crippen molar-refractivity contribution in [3.05, 3.63) is 108 Å². The van der Waals surface area contributed by atoms with Gasteiger partial charge in [-0.25, -0.2) is 23.1 Å². The van der Waals surface area contributed by atoms with Crippen LogP contribution in [0, 0.1) is 6.92 Å². The molecular formula is C25H22N4O4S. The molecule has 0 aliphatic rings. The number of carbonyl (C=O) groups is 1. The highest BCUT2D eigenvalue weighted by Crippen LogP contribution is 2.22. The second kappa shape index (κ2) is 10.1. The molecule has 0 radical (unpaired) electrons. The van der Waals surface area contributed by atoms with Gasteiger partial charge >= 0.3 is 0 Å². The standard InChI is InChI=1S/C25H22N4O4S/c1-18-15-16-26-25(27-18)29-34(31,32)21-13-11-20(12-14-21)28-24(30)22-9-5-6-10-23(22)33-17-19-7-3-2-4-8-19/h2-16H,17H2,1H3,(H,28,30)(H,26,27,29). The minimum atomic E-state index is -3.88. The van der Waals surface area contributed by atoms with Crippen molar-refractivity contribution in [2.45, 2.75) is 18.4 Å². The van der Waals surface area contributed by atoms with Crippen molar-refractivity contribution in [3.8, 4) is 5.75 Å². The summed E-state index contributed by atoms with van der Waals surface area (Å²) < 4.78 is 33.4. The lowest BCUT2D eigenvalue weighted by molar-refractivity contribution is 0.102. The number of aromatic nitrogens is 2. The highest BCUT2D eigenvalue weighted by Gasteiger charge is 2.17. The van der Waals surface area contributed by atoms with Crippen molar-refractivity contribution in [3.63, 3.8) is 0 Å². The number of amides is 1. The normalized spacial score (nSPS) is 11.0. The molecule has 1 aromatic heterocycles. The van der Waals surface area contributed by atoms with E-state index in [2.05, 4.69) is 20.0 Å². The SMILES string of the molecule is Cc1ccnc(NS(=O)(=O)c2ccc(NC(=O)c3ccccc3OCc3ccccc3)cc2)n1. The zero-order chi connectivity index (χ0) is 24.0. The fraction of sp³-hybridized carbons (Fsp3) is 0.0800. The van der Waals surface area contributed by atoms with Gasteiger partial charge in [-0.05, 0) is 55.0 Å². The summed E-state index contributed by atoms with van der Waals surface area (Å²) >= 11 is 0. The molecule has 9 heteroatoms. The number of nitrogens with zero attached hydrogens (tertiary/aromatic N) is 2. The van der Waals surface area contributed by atoms with Gasteiger partial charge in [-0.2, -0.15) is 0 Å². The quantitative estimate of drug-likeness (QED) is 0.391. The van der Waals surface area contributed by atoms with E-state index >= 15 is 0 Å². The van der Waals surface area contributed by atoms with Crippen LogP contribution >= 0.6 is 0 Å². The molecule has 0 fully saturated rings. The second-order valence-electron chi connectivity index (χ2n) is 7.38. The Morgan fingerprint density at radius 1 is 0.912 bits per heavy atom. The molecule has 0 saturated heterocycles. The zero-order valence-electron chi connectivity index (χ0n) is 18.3. The summed E-state index contributed by atoms with van der Waals surface area (Å²) in [6.45, 7) is 2.07. The molecule has 4 aromatic rings. The Balaban J connectivity index is 1.44. The molecule has 0 bridgehead atoms. The molecule has 1 heterocycles. The molecule has 4 rings (SSSR count). The molecule has 2 N–H and O–H groups in total. The largest absolute Gasteiger partial charge is 0.488 e. The third-order valence-corrected chi connectivity index (χ3v) is 6.16. The first-order valence-electron chi connectivity index (χ1n) is 10.4. The van der Waals surface area contributed by atoms with Crippen LogP contribution in [0.2, 0.25) is 0 Å². The molecule has 0 unspecified atom stereocenters. The number of anilines is 2. The molecule has 0 atom stereocenters. The van der Waals surface area contributed by atoms with Crippen LogP contribution in [0.5, 0.6) is 5.75 Å². The molecule has 0 aliphatic carbocycles. The first-order chi connectivity index (χ1) is 16.4. The summed E-state index contributed by atoms with van der Waals surface area (Å²) in [5.41, 5.74) is 2.43. The Bertz CT molecular complexity index is 1390. The number of rotatable bonds is 8. The smallest absolute Gasteiger partial charge is 0.264 e. The van der Waals surface area contributed by atoms with E-state index in [0.717, 1.165) is 5.56 Å². The van der Waals surface area contributed by atoms with Crippen LogP contribution in [-0.4, -0.2) is 24.3 Å². The Morgan fingerprint density at radius 2 is 1.62 bits per heavy atom. The summed E-state index contributed by atoms with van der Waals surface area (Å²) in [4.78, 5) is 20.8. The minimum Gasteiger partial charge on any atom is -0.488 e. The van der Waals surface area contributed by atoms with E-state index in [-0.39, 0.29) is 16.8 Å². The first kappa shape index (κ1) is 22.9. The highest BCUT2D eigenvalue weighted by atomic mass is 32.2. The Labute approximate surface area is 197 Å². The summed E-state index contributed by atoms with van der Waals surface area (Å²) in [5.74, 6) is 0.0699. The lowest BCUT2D eigenvalue weighted by atomic mass is 10.1. The fourth-order valence-electron chi connectivity index (χ4n) is 3.11. The van der Waals surface area contributed by atoms with Gasteiger partial charge in [0.2, 0.25) is 5.95 Å². The predicted octanol–water partition coefficient (Wildman–Crippen LogP) is 4.42. The van der Waals surface area contributed by atoms with E-state index in [9.17, 15) is 13.2 Å². The summed E-state index contributed by atoms with van der Waals surface area (Å²) in [5, 5.41) is 2.77. The van der Waals surface area contributed by atoms with Crippen molar-refractivity contribution >= 4 is 27.6 Å². The van der Waals surface area contributed by atoms with Crippen LogP contribution in [0.25, 0.3) is 0 Å². The third kappa shape index (κ3) is 5.76. The average molecular weight is 475 g/mol. The second-order valence-corrected chi connectivity index (χ2v) is 9.06. The van der Waals surface area contributed by atoms with Gasteiger partial charge in [-0.3, -0.25) is 4.79 Å². The van der Waals surface area contributed by atoms with E-state index in [0.29, 0.717) is 29.3 Å². The van der Waals surface area contributed by atoms with Gasteiger partial charge in [0.1, 0.15) is 12.4 Å². The summed E-state index contributed by atoms with van der Waals surface area (Å²) in [6, 6.07) is 24.1. The van der Waals surface area contributed by atoms with E-state index in [1.807, 2.05) is 30.3 Å². The predicted molar refractivity (Wildman–Crippen MR) is 129 cm³/mol. The first-order valence-corrected chi connectivity index (χ1v) is 11.9. The molecule has 34 heavy (non-hydrogen) atoms. The van der Waals surface area contributed by atoms with Gasteiger partial charge in [-0.15, -0.1) is 0 Å². The molecule has 0 saturated carbocycles. The molecule has 172 valence electrons. The summed E-state index contributed by atoms with van der Waals surface area (Å²) in [7, 11) is -3.88. The topological polar surface area (TPSA) is 110 Å². The van der Waals surface area contributed by atoms with Gasteiger partial charge in [-0.1, -0.05) is 42.5 Å². The minimum absolute atomic E-state index is 0.00973. The Hall–Kier alpha value is -4.24. The highest BCUT2D eigenvalue weighted by molar-refractivity contribution is 7.92. The maximum atomic E-state index is 12.9. The van der Waals surface area contributed by atoms with Gasteiger partial charge in [0, 0.05) is 17.6 Å². The molecule has 0 aliphatic heterocycles.